The molecule has 0 spiro atoms. The molecule has 1 saturated heterocycles. The van der Waals surface area contributed by atoms with Gasteiger partial charge in [-0.3, -0.25) is 4.90 Å². The van der Waals surface area contributed by atoms with Gasteiger partial charge in [0.25, 0.3) is 0 Å². The van der Waals surface area contributed by atoms with Gasteiger partial charge in [0.2, 0.25) is 0 Å². The zero-order valence-electron chi connectivity index (χ0n) is 6.84. The number of hydrogen-bond donors (Lipinski definition) is 0. The summed E-state index contributed by atoms with van der Waals surface area (Å²) in [5.41, 5.74) is 0. The first-order chi connectivity index (χ1) is 4.88. The molecule has 2 fully saturated rings. The number of likely N-dealkylation sites (tertiary alicyclic amines) is 1. The number of rotatable bonds is 1. The van der Waals surface area contributed by atoms with Gasteiger partial charge in [0.1, 0.15) is 0 Å². The summed E-state index contributed by atoms with van der Waals surface area (Å²) in [6.07, 6.45) is 7.30. The lowest BCUT2D eigenvalue weighted by Gasteiger charge is -2.33. The summed E-state index contributed by atoms with van der Waals surface area (Å²) >= 11 is 0. The lowest BCUT2D eigenvalue weighted by molar-refractivity contribution is 0.152. The Morgan fingerprint density at radius 3 is 2.50 bits per heavy atom. The summed E-state index contributed by atoms with van der Waals surface area (Å²) in [7, 11) is 0. The molecule has 1 saturated carbocycles. The molecular formula is C9H17N. The van der Waals surface area contributed by atoms with Crippen molar-refractivity contribution < 1.29 is 0 Å². The third-order valence-corrected chi connectivity index (χ3v) is 2.87. The summed E-state index contributed by atoms with van der Waals surface area (Å²) in [6, 6.07) is 1.89. The summed E-state index contributed by atoms with van der Waals surface area (Å²) in [5, 5.41) is 0. The molecule has 0 aromatic carbocycles. The van der Waals surface area contributed by atoms with E-state index in [0.29, 0.717) is 0 Å². The van der Waals surface area contributed by atoms with Gasteiger partial charge in [-0.05, 0) is 39.2 Å². The van der Waals surface area contributed by atoms with E-state index >= 15 is 0 Å². The molecule has 1 heteroatoms. The Balaban J connectivity index is 1.90. The smallest absolute Gasteiger partial charge is 0.00992 e. The number of hydrogen-bond acceptors (Lipinski definition) is 1. The maximum Gasteiger partial charge on any atom is 0.00992 e. The van der Waals surface area contributed by atoms with E-state index in [1.165, 1.54) is 38.6 Å². The van der Waals surface area contributed by atoms with Crippen LogP contribution in [0.25, 0.3) is 0 Å². The van der Waals surface area contributed by atoms with Gasteiger partial charge in [-0.2, -0.15) is 0 Å². The van der Waals surface area contributed by atoms with E-state index in [9.17, 15) is 0 Å². The van der Waals surface area contributed by atoms with Crippen LogP contribution in [0, 0.1) is 0 Å². The van der Waals surface area contributed by atoms with Gasteiger partial charge >= 0.3 is 0 Å². The van der Waals surface area contributed by atoms with Gasteiger partial charge in [0.15, 0.2) is 0 Å². The molecule has 0 radical (unpaired) electrons. The minimum atomic E-state index is 0.890. The Kier molecular flexibility index (Phi) is 1.69. The first-order valence-electron chi connectivity index (χ1n) is 4.63. The average molecular weight is 139 g/mol. The maximum atomic E-state index is 2.71. The van der Waals surface area contributed by atoms with Crippen molar-refractivity contribution in [3.05, 3.63) is 0 Å². The highest BCUT2D eigenvalue weighted by Crippen LogP contribution is 2.32. The fourth-order valence-corrected chi connectivity index (χ4v) is 2.07. The van der Waals surface area contributed by atoms with E-state index in [1.807, 2.05) is 0 Å². The maximum absolute atomic E-state index is 2.71. The minimum absolute atomic E-state index is 0.890. The third kappa shape index (κ3) is 1.20. The zero-order valence-corrected chi connectivity index (χ0v) is 6.84. The molecule has 1 aliphatic heterocycles. The quantitative estimate of drug-likeness (QED) is 0.537. The molecule has 0 N–H and O–H groups in total. The summed E-state index contributed by atoms with van der Waals surface area (Å²) in [4.78, 5) is 2.71. The molecule has 1 nitrogen and oxygen atoms in total. The van der Waals surface area contributed by atoms with Gasteiger partial charge in [0.05, 0.1) is 0 Å². The summed E-state index contributed by atoms with van der Waals surface area (Å²) < 4.78 is 0. The van der Waals surface area contributed by atoms with Crippen LogP contribution >= 0.6 is 0 Å². The molecule has 0 amide bonds. The lowest BCUT2D eigenvalue weighted by Crippen LogP contribution is -2.38. The van der Waals surface area contributed by atoms with Gasteiger partial charge in [-0.1, -0.05) is 6.42 Å². The Morgan fingerprint density at radius 1 is 1.10 bits per heavy atom. The van der Waals surface area contributed by atoms with Gasteiger partial charge in [0, 0.05) is 12.1 Å². The van der Waals surface area contributed by atoms with Crippen molar-refractivity contribution in [2.24, 2.45) is 0 Å². The van der Waals surface area contributed by atoms with Crippen LogP contribution in [0.2, 0.25) is 0 Å². The predicted octanol–water partition coefficient (Wildman–Crippen LogP) is 2.02. The van der Waals surface area contributed by atoms with Crippen LogP contribution in [0.4, 0.5) is 0 Å². The molecule has 1 heterocycles. The first kappa shape index (κ1) is 6.66. The second kappa shape index (κ2) is 2.54. The van der Waals surface area contributed by atoms with Crippen molar-refractivity contribution in [3.63, 3.8) is 0 Å². The molecule has 58 valence electrons. The molecule has 0 aromatic heterocycles. The fraction of sp³-hybridized carbons (Fsp3) is 1.00. The van der Waals surface area contributed by atoms with E-state index in [2.05, 4.69) is 11.8 Å². The Bertz CT molecular complexity index is 118. The van der Waals surface area contributed by atoms with Crippen molar-refractivity contribution in [2.75, 3.05) is 6.54 Å². The Hall–Kier alpha value is -0.0400. The second-order valence-electron chi connectivity index (χ2n) is 3.81. The third-order valence-electron chi connectivity index (χ3n) is 2.87. The summed E-state index contributed by atoms with van der Waals surface area (Å²) in [5.74, 6) is 0. The zero-order chi connectivity index (χ0) is 6.97. The highest BCUT2D eigenvalue weighted by molar-refractivity contribution is 4.88. The molecule has 0 unspecified atom stereocenters. The molecular weight excluding hydrogens is 122 g/mol. The topological polar surface area (TPSA) is 3.24 Å². The van der Waals surface area contributed by atoms with Gasteiger partial charge < -0.3 is 0 Å². The fourth-order valence-electron chi connectivity index (χ4n) is 2.07. The van der Waals surface area contributed by atoms with Crippen molar-refractivity contribution >= 4 is 0 Å². The number of piperidine rings is 1. The Labute approximate surface area is 63.4 Å². The van der Waals surface area contributed by atoms with Crippen LogP contribution in [0.5, 0.6) is 0 Å². The van der Waals surface area contributed by atoms with Crippen molar-refractivity contribution in [1.29, 1.82) is 0 Å². The predicted molar refractivity (Wildman–Crippen MR) is 43.0 cm³/mol. The van der Waals surface area contributed by atoms with Crippen LogP contribution in [0.15, 0.2) is 0 Å². The van der Waals surface area contributed by atoms with Crippen LogP contribution in [-0.4, -0.2) is 23.5 Å². The first-order valence-corrected chi connectivity index (χ1v) is 4.63. The van der Waals surface area contributed by atoms with Crippen LogP contribution in [0.1, 0.15) is 39.0 Å². The van der Waals surface area contributed by atoms with Crippen LogP contribution in [-0.2, 0) is 0 Å². The molecule has 0 aromatic rings. The van der Waals surface area contributed by atoms with Crippen molar-refractivity contribution in [2.45, 2.75) is 51.1 Å². The SMILES string of the molecule is C[C@H]1CCCCN1C1CC1. The molecule has 1 aliphatic carbocycles. The van der Waals surface area contributed by atoms with E-state index in [-0.39, 0.29) is 0 Å². The molecule has 2 rings (SSSR count). The van der Waals surface area contributed by atoms with Crippen molar-refractivity contribution in [1.82, 2.24) is 4.90 Å². The summed E-state index contributed by atoms with van der Waals surface area (Å²) in [6.45, 7) is 3.77. The van der Waals surface area contributed by atoms with Gasteiger partial charge in [-0.15, -0.1) is 0 Å². The monoisotopic (exact) mass is 139 g/mol. The molecule has 10 heavy (non-hydrogen) atoms. The molecule has 0 bridgehead atoms. The van der Waals surface area contributed by atoms with Gasteiger partial charge in [-0.25, -0.2) is 0 Å². The van der Waals surface area contributed by atoms with E-state index in [1.54, 1.807) is 0 Å². The minimum Gasteiger partial charge on any atom is -0.298 e. The molecule has 2 aliphatic rings. The Morgan fingerprint density at radius 2 is 1.90 bits per heavy atom. The second-order valence-corrected chi connectivity index (χ2v) is 3.81. The van der Waals surface area contributed by atoms with Crippen LogP contribution in [0.3, 0.4) is 0 Å². The molecule has 1 atom stereocenters. The van der Waals surface area contributed by atoms with Crippen molar-refractivity contribution in [3.8, 4) is 0 Å². The number of nitrogens with zero attached hydrogens (tertiary/aromatic N) is 1. The average Bonchev–Trinajstić information content (AvgIpc) is 2.71. The highest BCUT2D eigenvalue weighted by atomic mass is 15.2. The van der Waals surface area contributed by atoms with E-state index in [0.717, 1.165) is 12.1 Å². The normalized spacial score (nSPS) is 36.3. The van der Waals surface area contributed by atoms with E-state index < -0.39 is 0 Å². The standard InChI is InChI=1S/C9H17N/c1-8-4-2-3-7-10(8)9-5-6-9/h8-9H,2-7H2,1H3/t8-/m0/s1. The lowest BCUT2D eigenvalue weighted by atomic mass is 10.0. The van der Waals surface area contributed by atoms with Crippen LogP contribution < -0.4 is 0 Å². The van der Waals surface area contributed by atoms with E-state index in [4.69, 9.17) is 0 Å². The highest BCUT2D eigenvalue weighted by Gasteiger charge is 2.32. The largest absolute Gasteiger partial charge is 0.298 e.